The predicted octanol–water partition coefficient (Wildman–Crippen LogP) is 7.17. The van der Waals surface area contributed by atoms with Crippen LogP contribution in [0.3, 0.4) is 0 Å². The van der Waals surface area contributed by atoms with Crippen LogP contribution in [0.2, 0.25) is 0 Å². The van der Waals surface area contributed by atoms with Gasteiger partial charge in [-0.3, -0.25) is 4.18 Å². The van der Waals surface area contributed by atoms with Gasteiger partial charge in [0.25, 0.3) is 10.1 Å². The molecule has 0 N–H and O–H groups in total. The van der Waals surface area contributed by atoms with Crippen molar-refractivity contribution in [2.45, 2.75) is 83.3 Å². The highest BCUT2D eigenvalue weighted by molar-refractivity contribution is 7.88. The van der Waals surface area contributed by atoms with E-state index in [9.17, 15) is 8.42 Å². The zero-order valence-electron chi connectivity index (χ0n) is 19.1. The van der Waals surface area contributed by atoms with Crippen molar-refractivity contribution in [3.63, 3.8) is 0 Å². The SMILES string of the molecule is CCCCCCCC(c1ccccc1)(c1ccccc1C(C)C)S(=O)(=O)OCCC. The molecule has 0 amide bonds. The van der Waals surface area contributed by atoms with Crippen molar-refractivity contribution in [1.82, 2.24) is 0 Å². The van der Waals surface area contributed by atoms with E-state index < -0.39 is 14.9 Å². The summed E-state index contributed by atoms with van der Waals surface area (Å²) in [5.41, 5.74) is 2.72. The van der Waals surface area contributed by atoms with Crippen molar-refractivity contribution in [2.75, 3.05) is 6.61 Å². The second-order valence-electron chi connectivity index (χ2n) is 8.38. The van der Waals surface area contributed by atoms with E-state index in [4.69, 9.17) is 4.18 Å². The minimum Gasteiger partial charge on any atom is -0.269 e. The maximum Gasteiger partial charge on any atom is 0.281 e. The molecule has 0 spiro atoms. The maximum absolute atomic E-state index is 13.9. The van der Waals surface area contributed by atoms with Crippen LogP contribution in [0.25, 0.3) is 0 Å². The fourth-order valence-electron chi connectivity index (χ4n) is 4.19. The Morgan fingerprint density at radius 1 is 0.833 bits per heavy atom. The predicted molar refractivity (Wildman–Crippen MR) is 126 cm³/mol. The molecule has 4 heteroatoms. The van der Waals surface area contributed by atoms with Gasteiger partial charge in [0.2, 0.25) is 0 Å². The lowest BCUT2D eigenvalue weighted by molar-refractivity contribution is 0.298. The van der Waals surface area contributed by atoms with Gasteiger partial charge >= 0.3 is 0 Å². The van der Waals surface area contributed by atoms with E-state index in [1.54, 1.807) is 0 Å². The lowest BCUT2D eigenvalue weighted by Crippen LogP contribution is -2.40. The number of benzene rings is 2. The topological polar surface area (TPSA) is 43.4 Å². The van der Waals surface area contributed by atoms with Gasteiger partial charge in [-0.2, -0.15) is 8.42 Å². The molecule has 2 aromatic rings. The van der Waals surface area contributed by atoms with Gasteiger partial charge in [-0.25, -0.2) is 0 Å². The quantitative estimate of drug-likeness (QED) is 0.250. The van der Waals surface area contributed by atoms with Gasteiger partial charge in [0.15, 0.2) is 0 Å². The maximum atomic E-state index is 13.9. The molecule has 3 nitrogen and oxygen atoms in total. The van der Waals surface area contributed by atoms with Crippen molar-refractivity contribution in [1.29, 1.82) is 0 Å². The van der Waals surface area contributed by atoms with E-state index in [0.29, 0.717) is 12.8 Å². The molecule has 0 aromatic heterocycles. The summed E-state index contributed by atoms with van der Waals surface area (Å²) in [6.07, 6.45) is 6.52. The number of hydrogen-bond acceptors (Lipinski definition) is 3. The van der Waals surface area contributed by atoms with Crippen LogP contribution in [0.4, 0.5) is 0 Å². The van der Waals surface area contributed by atoms with Crippen LogP contribution in [0.1, 0.15) is 95.2 Å². The lowest BCUT2D eigenvalue weighted by Gasteiger charge is -2.36. The number of rotatable bonds is 13. The van der Waals surface area contributed by atoms with E-state index in [-0.39, 0.29) is 12.5 Å². The minimum atomic E-state index is -3.90. The van der Waals surface area contributed by atoms with Crippen LogP contribution in [0.5, 0.6) is 0 Å². The normalized spacial score (nSPS) is 14.0. The summed E-state index contributed by atoms with van der Waals surface area (Å²) in [6, 6.07) is 17.7. The molecule has 0 fully saturated rings. The van der Waals surface area contributed by atoms with Crippen LogP contribution < -0.4 is 0 Å². The first-order chi connectivity index (χ1) is 14.4. The van der Waals surface area contributed by atoms with Gasteiger partial charge in [0.1, 0.15) is 4.75 Å². The molecule has 30 heavy (non-hydrogen) atoms. The molecule has 166 valence electrons. The highest BCUT2D eigenvalue weighted by Crippen LogP contribution is 2.46. The molecule has 0 radical (unpaired) electrons. The second kappa shape index (κ2) is 11.7. The Hall–Kier alpha value is -1.65. The first kappa shape index (κ1) is 24.6. The smallest absolute Gasteiger partial charge is 0.269 e. The summed E-state index contributed by atoms with van der Waals surface area (Å²) in [5, 5.41) is 0. The molecular weight excluding hydrogens is 392 g/mol. The zero-order chi connectivity index (χ0) is 22.0. The summed E-state index contributed by atoms with van der Waals surface area (Å²) >= 11 is 0. The van der Waals surface area contributed by atoms with Gasteiger partial charge in [-0.05, 0) is 35.4 Å². The van der Waals surface area contributed by atoms with E-state index in [2.05, 4.69) is 26.8 Å². The van der Waals surface area contributed by atoms with Crippen molar-refractivity contribution >= 4 is 10.1 Å². The summed E-state index contributed by atoms with van der Waals surface area (Å²) in [4.78, 5) is 0. The molecule has 0 aliphatic rings. The summed E-state index contributed by atoms with van der Waals surface area (Å²) in [6.45, 7) is 8.57. The molecule has 1 unspecified atom stereocenters. The molecule has 1 atom stereocenters. The second-order valence-corrected chi connectivity index (χ2v) is 10.2. The molecular formula is C26H38O3S. The van der Waals surface area contributed by atoms with E-state index in [1.807, 2.05) is 55.5 Å². The summed E-state index contributed by atoms with van der Waals surface area (Å²) in [5.74, 6) is 0.214. The Kier molecular flexibility index (Phi) is 9.57. The third-order valence-corrected chi connectivity index (χ3v) is 7.75. The van der Waals surface area contributed by atoms with Crippen LogP contribution >= 0.6 is 0 Å². The van der Waals surface area contributed by atoms with Crippen LogP contribution in [0, 0.1) is 0 Å². The molecule has 0 heterocycles. The fourth-order valence-corrected chi connectivity index (χ4v) is 6.05. The Labute approximate surface area is 184 Å². The van der Waals surface area contributed by atoms with Gasteiger partial charge in [-0.15, -0.1) is 0 Å². The third kappa shape index (κ3) is 5.53. The molecule has 2 aromatic carbocycles. The first-order valence-corrected chi connectivity index (χ1v) is 12.9. The average Bonchev–Trinajstić information content (AvgIpc) is 2.75. The van der Waals surface area contributed by atoms with Crippen molar-refractivity contribution < 1.29 is 12.6 Å². The Morgan fingerprint density at radius 3 is 2.10 bits per heavy atom. The number of unbranched alkanes of at least 4 members (excludes halogenated alkanes) is 4. The van der Waals surface area contributed by atoms with Crippen LogP contribution in [-0.2, 0) is 19.0 Å². The molecule has 0 aliphatic heterocycles. The number of hydrogen-bond donors (Lipinski definition) is 0. The Balaban J connectivity index is 2.69. The minimum absolute atomic E-state index is 0.205. The average molecular weight is 431 g/mol. The molecule has 0 saturated heterocycles. The van der Waals surface area contributed by atoms with E-state index >= 15 is 0 Å². The highest BCUT2D eigenvalue weighted by Gasteiger charge is 2.48. The zero-order valence-corrected chi connectivity index (χ0v) is 19.9. The van der Waals surface area contributed by atoms with E-state index in [0.717, 1.165) is 42.4 Å². The van der Waals surface area contributed by atoms with Crippen LogP contribution in [0.15, 0.2) is 54.6 Å². The van der Waals surface area contributed by atoms with Crippen molar-refractivity contribution in [3.8, 4) is 0 Å². The van der Waals surface area contributed by atoms with Crippen molar-refractivity contribution in [2.24, 2.45) is 0 Å². The molecule has 0 aliphatic carbocycles. The molecule has 0 saturated carbocycles. The Morgan fingerprint density at radius 2 is 1.47 bits per heavy atom. The molecule has 2 rings (SSSR count). The first-order valence-electron chi connectivity index (χ1n) is 11.4. The summed E-state index contributed by atoms with van der Waals surface area (Å²) < 4.78 is 32.2. The lowest BCUT2D eigenvalue weighted by atomic mass is 9.81. The van der Waals surface area contributed by atoms with Gasteiger partial charge in [0.05, 0.1) is 6.61 Å². The van der Waals surface area contributed by atoms with E-state index in [1.165, 1.54) is 6.42 Å². The van der Waals surface area contributed by atoms with Gasteiger partial charge in [0, 0.05) is 0 Å². The summed E-state index contributed by atoms with van der Waals surface area (Å²) in [7, 11) is -3.90. The van der Waals surface area contributed by atoms with Crippen molar-refractivity contribution in [3.05, 3.63) is 71.3 Å². The van der Waals surface area contributed by atoms with Gasteiger partial charge in [-0.1, -0.05) is 114 Å². The monoisotopic (exact) mass is 430 g/mol. The third-order valence-electron chi connectivity index (χ3n) is 5.76. The molecule has 0 bridgehead atoms. The highest BCUT2D eigenvalue weighted by atomic mass is 32.2. The fraction of sp³-hybridized carbons (Fsp3) is 0.538. The Bertz CT molecular complexity index is 859. The largest absolute Gasteiger partial charge is 0.281 e. The standard InChI is InChI=1S/C26H38O3S/c1-5-7-8-9-15-20-26(23-16-11-10-12-17-23,30(27,28)29-21-6-2)25-19-14-13-18-24(25)22(3)4/h10-14,16-19,22H,5-9,15,20-21H2,1-4H3. The van der Waals surface area contributed by atoms with Crippen LogP contribution in [-0.4, -0.2) is 15.0 Å². The van der Waals surface area contributed by atoms with Gasteiger partial charge < -0.3 is 0 Å².